The van der Waals surface area contributed by atoms with Crippen LogP contribution in [0.2, 0.25) is 0 Å². The fourth-order valence-electron chi connectivity index (χ4n) is 2.38. The molecule has 1 aromatic heterocycles. The van der Waals surface area contributed by atoms with Crippen LogP contribution in [-0.2, 0) is 11.3 Å². The van der Waals surface area contributed by atoms with E-state index in [1.165, 1.54) is 24.1 Å². The highest BCUT2D eigenvalue weighted by Crippen LogP contribution is 2.25. The van der Waals surface area contributed by atoms with E-state index in [1.54, 1.807) is 11.3 Å². The van der Waals surface area contributed by atoms with Crippen LogP contribution in [0.1, 0.15) is 37.0 Å². The van der Waals surface area contributed by atoms with Gasteiger partial charge in [0.1, 0.15) is 0 Å². The number of hydrogen-bond acceptors (Lipinski definition) is 2. The van der Waals surface area contributed by atoms with Crippen molar-refractivity contribution < 1.29 is 4.79 Å². The zero-order chi connectivity index (χ0) is 11.4. The van der Waals surface area contributed by atoms with E-state index in [0.29, 0.717) is 11.8 Å². The fraction of sp³-hybridized carbons (Fsp3) is 0.615. The molecule has 0 N–H and O–H groups in total. The molecule has 1 heterocycles. The summed E-state index contributed by atoms with van der Waals surface area (Å²) in [7, 11) is 1.93. The topological polar surface area (TPSA) is 20.3 Å². The van der Waals surface area contributed by atoms with Gasteiger partial charge < -0.3 is 4.90 Å². The van der Waals surface area contributed by atoms with Crippen molar-refractivity contribution in [3.05, 3.63) is 22.4 Å². The number of nitrogens with zero attached hydrogens (tertiary/aromatic N) is 1. The standard InChI is InChI=1S/C13H19NOS/c1-14(10-12-8-5-9-16-12)13(15)11-6-3-2-4-7-11/h5,8-9,11H,2-4,6-7,10H2,1H3. The van der Waals surface area contributed by atoms with Crippen LogP contribution < -0.4 is 0 Å². The Kier molecular flexibility index (Phi) is 3.99. The highest BCUT2D eigenvalue weighted by Gasteiger charge is 2.23. The summed E-state index contributed by atoms with van der Waals surface area (Å²) in [6.07, 6.45) is 5.94. The average Bonchev–Trinajstić information content (AvgIpc) is 2.82. The first-order valence-electron chi connectivity index (χ1n) is 6.05. The second-order valence-electron chi connectivity index (χ2n) is 4.61. The van der Waals surface area contributed by atoms with Crippen LogP contribution in [0.25, 0.3) is 0 Å². The van der Waals surface area contributed by atoms with E-state index >= 15 is 0 Å². The Bertz CT molecular complexity index is 328. The third kappa shape index (κ3) is 2.85. The molecule has 0 atom stereocenters. The van der Waals surface area contributed by atoms with Crippen LogP contribution in [0.3, 0.4) is 0 Å². The van der Waals surface area contributed by atoms with Crippen molar-refractivity contribution >= 4 is 17.2 Å². The first-order chi connectivity index (χ1) is 7.77. The summed E-state index contributed by atoms with van der Waals surface area (Å²) in [4.78, 5) is 15.3. The Labute approximate surface area is 101 Å². The monoisotopic (exact) mass is 237 g/mol. The number of hydrogen-bond donors (Lipinski definition) is 0. The summed E-state index contributed by atoms with van der Waals surface area (Å²) in [6, 6.07) is 4.13. The van der Waals surface area contributed by atoms with E-state index < -0.39 is 0 Å². The average molecular weight is 237 g/mol. The summed E-state index contributed by atoms with van der Waals surface area (Å²) in [5, 5.41) is 2.06. The highest BCUT2D eigenvalue weighted by molar-refractivity contribution is 7.09. The molecule has 0 aromatic carbocycles. The first kappa shape index (κ1) is 11.6. The lowest BCUT2D eigenvalue weighted by Crippen LogP contribution is -2.33. The van der Waals surface area contributed by atoms with Crippen LogP contribution in [0.15, 0.2) is 17.5 Å². The second kappa shape index (κ2) is 5.48. The lowest BCUT2D eigenvalue weighted by atomic mass is 9.88. The molecule has 1 fully saturated rings. The minimum absolute atomic E-state index is 0.290. The van der Waals surface area contributed by atoms with Crippen LogP contribution in [0.5, 0.6) is 0 Å². The third-order valence-electron chi connectivity index (χ3n) is 3.30. The number of carbonyl (C=O) groups excluding carboxylic acids is 1. The van der Waals surface area contributed by atoms with E-state index in [1.807, 2.05) is 18.0 Å². The van der Waals surface area contributed by atoms with Crippen molar-refractivity contribution in [2.24, 2.45) is 5.92 Å². The number of rotatable bonds is 3. The predicted octanol–water partition coefficient (Wildman–Crippen LogP) is 3.29. The minimum Gasteiger partial charge on any atom is -0.340 e. The number of thiophene rings is 1. The smallest absolute Gasteiger partial charge is 0.225 e. The Morgan fingerprint density at radius 1 is 1.44 bits per heavy atom. The maximum Gasteiger partial charge on any atom is 0.225 e. The van der Waals surface area contributed by atoms with Gasteiger partial charge in [-0.1, -0.05) is 25.3 Å². The lowest BCUT2D eigenvalue weighted by Gasteiger charge is -2.26. The molecule has 0 unspecified atom stereocenters. The van der Waals surface area contributed by atoms with Crippen molar-refractivity contribution in [1.29, 1.82) is 0 Å². The van der Waals surface area contributed by atoms with Gasteiger partial charge in [0.2, 0.25) is 5.91 Å². The van der Waals surface area contributed by atoms with Gasteiger partial charge in [-0.3, -0.25) is 4.79 Å². The van der Waals surface area contributed by atoms with E-state index in [4.69, 9.17) is 0 Å². The van der Waals surface area contributed by atoms with Gasteiger partial charge in [0, 0.05) is 17.8 Å². The summed E-state index contributed by atoms with van der Waals surface area (Å²) < 4.78 is 0. The summed E-state index contributed by atoms with van der Waals surface area (Å²) in [5.74, 6) is 0.631. The van der Waals surface area contributed by atoms with Gasteiger partial charge >= 0.3 is 0 Å². The van der Waals surface area contributed by atoms with E-state index in [2.05, 4.69) is 11.4 Å². The molecule has 0 radical (unpaired) electrons. The van der Waals surface area contributed by atoms with Gasteiger partial charge in [-0.25, -0.2) is 0 Å². The largest absolute Gasteiger partial charge is 0.340 e. The molecule has 3 heteroatoms. The van der Waals surface area contributed by atoms with Gasteiger partial charge in [0.05, 0.1) is 6.54 Å². The van der Waals surface area contributed by atoms with Gasteiger partial charge in [-0.2, -0.15) is 0 Å². The summed E-state index contributed by atoms with van der Waals surface area (Å²) in [5.41, 5.74) is 0. The normalized spacial score (nSPS) is 17.3. The molecule has 1 aliphatic rings. The molecule has 0 aliphatic heterocycles. The van der Waals surface area contributed by atoms with Crippen molar-refractivity contribution in [2.75, 3.05) is 7.05 Å². The van der Waals surface area contributed by atoms with E-state index in [0.717, 1.165) is 19.4 Å². The molecule has 1 saturated carbocycles. The Morgan fingerprint density at radius 3 is 2.81 bits per heavy atom. The predicted molar refractivity (Wildman–Crippen MR) is 67.4 cm³/mol. The fourth-order valence-corrected chi connectivity index (χ4v) is 3.13. The van der Waals surface area contributed by atoms with Gasteiger partial charge in [0.15, 0.2) is 0 Å². The van der Waals surface area contributed by atoms with Crippen LogP contribution in [0.4, 0.5) is 0 Å². The molecular weight excluding hydrogens is 218 g/mol. The van der Waals surface area contributed by atoms with E-state index in [9.17, 15) is 4.79 Å². The zero-order valence-electron chi connectivity index (χ0n) is 9.82. The minimum atomic E-state index is 0.290. The van der Waals surface area contributed by atoms with Crippen molar-refractivity contribution in [2.45, 2.75) is 38.6 Å². The molecule has 2 rings (SSSR count). The lowest BCUT2D eigenvalue weighted by molar-refractivity contribution is -0.135. The van der Waals surface area contributed by atoms with Crippen molar-refractivity contribution in [1.82, 2.24) is 4.90 Å². The van der Waals surface area contributed by atoms with Crippen LogP contribution >= 0.6 is 11.3 Å². The zero-order valence-corrected chi connectivity index (χ0v) is 10.6. The van der Waals surface area contributed by atoms with Gasteiger partial charge in [-0.15, -0.1) is 11.3 Å². The molecule has 1 amide bonds. The number of amides is 1. The van der Waals surface area contributed by atoms with Gasteiger partial charge in [-0.05, 0) is 24.3 Å². The number of carbonyl (C=O) groups is 1. The summed E-state index contributed by atoms with van der Waals surface area (Å²) in [6.45, 7) is 0.771. The van der Waals surface area contributed by atoms with Crippen molar-refractivity contribution in [3.63, 3.8) is 0 Å². The van der Waals surface area contributed by atoms with Crippen LogP contribution in [0, 0.1) is 5.92 Å². The molecule has 88 valence electrons. The third-order valence-corrected chi connectivity index (χ3v) is 4.16. The molecule has 0 saturated heterocycles. The maximum absolute atomic E-state index is 12.2. The molecule has 0 bridgehead atoms. The SMILES string of the molecule is CN(Cc1cccs1)C(=O)C1CCCCC1. The Morgan fingerprint density at radius 2 is 2.19 bits per heavy atom. The van der Waals surface area contributed by atoms with E-state index in [-0.39, 0.29) is 0 Å². The molecule has 2 nitrogen and oxygen atoms in total. The molecule has 1 aromatic rings. The van der Waals surface area contributed by atoms with Gasteiger partial charge in [0.25, 0.3) is 0 Å². The first-order valence-corrected chi connectivity index (χ1v) is 6.92. The summed E-state index contributed by atoms with van der Waals surface area (Å²) >= 11 is 1.72. The van der Waals surface area contributed by atoms with Crippen LogP contribution in [-0.4, -0.2) is 17.9 Å². The van der Waals surface area contributed by atoms with Crippen molar-refractivity contribution in [3.8, 4) is 0 Å². The highest BCUT2D eigenvalue weighted by atomic mass is 32.1. The Hall–Kier alpha value is -0.830. The maximum atomic E-state index is 12.2. The Balaban J connectivity index is 1.88. The molecule has 1 aliphatic carbocycles. The molecule has 0 spiro atoms. The molecule has 16 heavy (non-hydrogen) atoms. The quantitative estimate of drug-likeness (QED) is 0.790. The molecular formula is C13H19NOS. The second-order valence-corrected chi connectivity index (χ2v) is 5.64.